The van der Waals surface area contributed by atoms with Gasteiger partial charge in [0.2, 0.25) is 0 Å². The van der Waals surface area contributed by atoms with Gasteiger partial charge in [0.1, 0.15) is 0 Å². The molecule has 19 heavy (non-hydrogen) atoms. The topological polar surface area (TPSA) is 92.9 Å². The normalized spacial score (nSPS) is 16.2. The zero-order valence-corrected chi connectivity index (χ0v) is 10.2. The third-order valence-electron chi connectivity index (χ3n) is 3.03. The number of hydrogen-bond acceptors (Lipinski definition) is 5. The van der Waals surface area contributed by atoms with Gasteiger partial charge in [0.15, 0.2) is 0 Å². The van der Waals surface area contributed by atoms with Gasteiger partial charge in [0, 0.05) is 31.3 Å². The Labute approximate surface area is 109 Å². The van der Waals surface area contributed by atoms with E-state index in [1.54, 1.807) is 0 Å². The second kappa shape index (κ2) is 5.77. The van der Waals surface area contributed by atoms with Crippen molar-refractivity contribution in [2.24, 2.45) is 0 Å². The highest BCUT2D eigenvalue weighted by atomic mass is 16.6. The Morgan fingerprint density at radius 3 is 2.68 bits per heavy atom. The van der Waals surface area contributed by atoms with Crippen LogP contribution in [0.4, 0.5) is 5.69 Å². The summed E-state index contributed by atoms with van der Waals surface area (Å²) >= 11 is 0. The minimum Gasteiger partial charge on any atom is -0.478 e. The molecule has 0 spiro atoms. The molecule has 1 saturated heterocycles. The third kappa shape index (κ3) is 3.27. The highest BCUT2D eigenvalue weighted by molar-refractivity contribution is 5.88. The summed E-state index contributed by atoms with van der Waals surface area (Å²) in [4.78, 5) is 23.3. The number of aromatic carboxylic acids is 1. The Bertz CT molecular complexity index is 497. The molecule has 7 nitrogen and oxygen atoms in total. The van der Waals surface area contributed by atoms with Crippen molar-refractivity contribution in [1.82, 2.24) is 4.90 Å². The SMILES string of the molecule is O=C(O)c1ccc(CN2CCOCC2)c([N+](=O)[O-])c1. The monoisotopic (exact) mass is 266 g/mol. The van der Waals surface area contributed by atoms with Crippen LogP contribution in [0.5, 0.6) is 0 Å². The molecular formula is C12H14N2O5. The van der Waals surface area contributed by atoms with Crippen LogP contribution < -0.4 is 0 Å². The number of carboxylic acid groups (broad SMARTS) is 1. The second-order valence-electron chi connectivity index (χ2n) is 4.29. The lowest BCUT2D eigenvalue weighted by Gasteiger charge is -2.26. The lowest BCUT2D eigenvalue weighted by atomic mass is 10.1. The zero-order chi connectivity index (χ0) is 13.8. The predicted molar refractivity (Wildman–Crippen MR) is 66.2 cm³/mol. The molecule has 1 aliphatic rings. The van der Waals surface area contributed by atoms with Gasteiger partial charge in [-0.15, -0.1) is 0 Å². The van der Waals surface area contributed by atoms with Gasteiger partial charge >= 0.3 is 5.97 Å². The molecule has 0 unspecified atom stereocenters. The summed E-state index contributed by atoms with van der Waals surface area (Å²) in [5.74, 6) is -1.17. The van der Waals surface area contributed by atoms with E-state index in [1.165, 1.54) is 12.1 Å². The molecule has 0 radical (unpaired) electrons. The average Bonchev–Trinajstić information content (AvgIpc) is 2.39. The number of morpholine rings is 1. The molecular weight excluding hydrogens is 252 g/mol. The molecule has 1 aliphatic heterocycles. The van der Waals surface area contributed by atoms with Crippen LogP contribution in [0.1, 0.15) is 15.9 Å². The van der Waals surface area contributed by atoms with Gasteiger partial charge in [-0.2, -0.15) is 0 Å². The summed E-state index contributed by atoms with van der Waals surface area (Å²) in [5, 5.41) is 19.9. The Hall–Kier alpha value is -1.99. The van der Waals surface area contributed by atoms with Gasteiger partial charge < -0.3 is 9.84 Å². The van der Waals surface area contributed by atoms with Gasteiger partial charge in [-0.1, -0.05) is 6.07 Å². The molecule has 0 aliphatic carbocycles. The van der Waals surface area contributed by atoms with Crippen molar-refractivity contribution in [3.8, 4) is 0 Å². The number of carboxylic acids is 1. The largest absolute Gasteiger partial charge is 0.478 e. The lowest BCUT2D eigenvalue weighted by Crippen LogP contribution is -2.35. The Balaban J connectivity index is 2.23. The van der Waals surface area contributed by atoms with E-state index in [0.29, 0.717) is 25.3 Å². The molecule has 2 rings (SSSR count). The summed E-state index contributed by atoms with van der Waals surface area (Å²) in [7, 11) is 0. The van der Waals surface area contributed by atoms with Crippen LogP contribution in [-0.4, -0.2) is 47.2 Å². The molecule has 102 valence electrons. The van der Waals surface area contributed by atoms with Gasteiger partial charge in [0.05, 0.1) is 23.7 Å². The van der Waals surface area contributed by atoms with Crippen LogP contribution >= 0.6 is 0 Å². The lowest BCUT2D eigenvalue weighted by molar-refractivity contribution is -0.385. The average molecular weight is 266 g/mol. The zero-order valence-electron chi connectivity index (χ0n) is 10.2. The van der Waals surface area contributed by atoms with E-state index in [-0.39, 0.29) is 11.3 Å². The van der Waals surface area contributed by atoms with Crippen molar-refractivity contribution in [3.63, 3.8) is 0 Å². The van der Waals surface area contributed by atoms with Crippen molar-refractivity contribution in [1.29, 1.82) is 0 Å². The first-order valence-electron chi connectivity index (χ1n) is 5.88. The van der Waals surface area contributed by atoms with Gasteiger partial charge in [0.25, 0.3) is 5.69 Å². The van der Waals surface area contributed by atoms with Gasteiger partial charge in [-0.3, -0.25) is 15.0 Å². The number of rotatable bonds is 4. The highest BCUT2D eigenvalue weighted by Gasteiger charge is 2.20. The Morgan fingerprint density at radius 1 is 1.42 bits per heavy atom. The summed E-state index contributed by atoms with van der Waals surface area (Å²) in [6.07, 6.45) is 0. The van der Waals surface area contributed by atoms with Crippen molar-refractivity contribution in [2.75, 3.05) is 26.3 Å². The van der Waals surface area contributed by atoms with Crippen molar-refractivity contribution < 1.29 is 19.6 Å². The molecule has 1 fully saturated rings. The third-order valence-corrected chi connectivity index (χ3v) is 3.03. The standard InChI is InChI=1S/C12H14N2O5/c15-12(16)9-1-2-10(11(7-9)14(17)18)8-13-3-5-19-6-4-13/h1-2,7H,3-6,8H2,(H,15,16). The minimum absolute atomic E-state index is 0.0718. The van der Waals surface area contributed by atoms with E-state index < -0.39 is 10.9 Å². The molecule has 1 aromatic rings. The second-order valence-corrected chi connectivity index (χ2v) is 4.29. The van der Waals surface area contributed by atoms with E-state index in [2.05, 4.69) is 0 Å². The van der Waals surface area contributed by atoms with Crippen LogP contribution in [0.2, 0.25) is 0 Å². The predicted octanol–water partition coefficient (Wildman–Crippen LogP) is 1.13. The molecule has 0 bridgehead atoms. The Morgan fingerprint density at radius 2 is 2.11 bits per heavy atom. The fourth-order valence-corrected chi connectivity index (χ4v) is 2.00. The number of nitrogens with zero attached hydrogens (tertiary/aromatic N) is 2. The first-order chi connectivity index (χ1) is 9.08. The molecule has 1 N–H and O–H groups in total. The van der Waals surface area contributed by atoms with E-state index in [4.69, 9.17) is 9.84 Å². The van der Waals surface area contributed by atoms with Crippen molar-refractivity contribution in [2.45, 2.75) is 6.54 Å². The summed E-state index contributed by atoms with van der Waals surface area (Å²) in [6, 6.07) is 4.01. The van der Waals surface area contributed by atoms with Crippen LogP contribution in [-0.2, 0) is 11.3 Å². The molecule has 0 saturated carbocycles. The number of hydrogen-bond donors (Lipinski definition) is 1. The van der Waals surface area contributed by atoms with E-state index in [1.807, 2.05) is 4.90 Å². The first-order valence-corrected chi connectivity index (χ1v) is 5.88. The maximum absolute atomic E-state index is 11.0. The molecule has 0 atom stereocenters. The van der Waals surface area contributed by atoms with Crippen molar-refractivity contribution >= 4 is 11.7 Å². The number of ether oxygens (including phenoxy) is 1. The molecule has 7 heteroatoms. The first kappa shape index (κ1) is 13.4. The maximum Gasteiger partial charge on any atom is 0.335 e. The van der Waals surface area contributed by atoms with Gasteiger partial charge in [-0.05, 0) is 6.07 Å². The van der Waals surface area contributed by atoms with E-state index >= 15 is 0 Å². The maximum atomic E-state index is 11.0. The van der Waals surface area contributed by atoms with Crippen molar-refractivity contribution in [3.05, 3.63) is 39.4 Å². The number of carbonyl (C=O) groups is 1. The molecule has 1 heterocycles. The molecule has 0 aromatic heterocycles. The van der Waals surface area contributed by atoms with Gasteiger partial charge in [-0.25, -0.2) is 4.79 Å². The summed E-state index contributed by atoms with van der Waals surface area (Å²) in [5.41, 5.74) is 0.306. The minimum atomic E-state index is -1.17. The van der Waals surface area contributed by atoms with Crippen LogP contribution in [0.3, 0.4) is 0 Å². The fraction of sp³-hybridized carbons (Fsp3) is 0.417. The smallest absolute Gasteiger partial charge is 0.335 e. The molecule has 0 amide bonds. The number of benzene rings is 1. The van der Waals surface area contributed by atoms with Crippen LogP contribution in [0, 0.1) is 10.1 Å². The van der Waals surface area contributed by atoms with E-state index in [0.717, 1.165) is 19.2 Å². The van der Waals surface area contributed by atoms with Crippen LogP contribution in [0.15, 0.2) is 18.2 Å². The highest BCUT2D eigenvalue weighted by Crippen LogP contribution is 2.22. The quantitative estimate of drug-likeness (QED) is 0.648. The number of nitro groups is 1. The fourth-order valence-electron chi connectivity index (χ4n) is 2.00. The molecule has 1 aromatic carbocycles. The Kier molecular flexibility index (Phi) is 4.08. The summed E-state index contributed by atoms with van der Waals surface area (Å²) < 4.78 is 5.21. The number of nitro benzene ring substituents is 1. The van der Waals surface area contributed by atoms with Crippen LogP contribution in [0.25, 0.3) is 0 Å². The van der Waals surface area contributed by atoms with E-state index in [9.17, 15) is 14.9 Å². The summed E-state index contributed by atoms with van der Waals surface area (Å²) in [6.45, 7) is 3.09.